The predicted octanol–water partition coefficient (Wildman–Crippen LogP) is 3.21. The van der Waals surface area contributed by atoms with Crippen LogP contribution in [0.25, 0.3) is 0 Å². The van der Waals surface area contributed by atoms with Crippen LogP contribution in [0.4, 0.5) is 4.39 Å². The van der Waals surface area contributed by atoms with E-state index in [2.05, 4.69) is 4.90 Å². The van der Waals surface area contributed by atoms with Gasteiger partial charge in [0.1, 0.15) is 5.75 Å². The Kier molecular flexibility index (Phi) is 6.53. The molecule has 0 N–H and O–H groups in total. The normalized spacial score (nSPS) is 14.9. The summed E-state index contributed by atoms with van der Waals surface area (Å²) in [6.07, 6.45) is 0. The fourth-order valence-electron chi connectivity index (χ4n) is 2.99. The first-order valence-electron chi connectivity index (χ1n) is 8.76. The number of amides is 1. The highest BCUT2D eigenvalue weighted by Gasteiger charge is 2.21. The van der Waals surface area contributed by atoms with Crippen molar-refractivity contribution in [1.82, 2.24) is 9.80 Å². The van der Waals surface area contributed by atoms with Crippen LogP contribution in [0.2, 0.25) is 5.02 Å². The minimum Gasteiger partial charge on any atom is -0.494 e. The van der Waals surface area contributed by atoms with Crippen molar-refractivity contribution in [2.45, 2.75) is 6.54 Å². The zero-order chi connectivity index (χ0) is 19.2. The molecule has 1 aliphatic heterocycles. The third-order valence-corrected chi connectivity index (χ3v) is 4.78. The van der Waals surface area contributed by atoms with Crippen molar-refractivity contribution in [3.05, 3.63) is 58.9 Å². The zero-order valence-corrected chi connectivity index (χ0v) is 15.9. The van der Waals surface area contributed by atoms with Crippen LogP contribution in [-0.4, -0.2) is 55.6 Å². The van der Waals surface area contributed by atoms with Gasteiger partial charge in [0.15, 0.2) is 18.2 Å². The number of nitrogens with zero attached hydrogens (tertiary/aromatic N) is 2. The van der Waals surface area contributed by atoms with Gasteiger partial charge in [-0.1, -0.05) is 17.7 Å². The Balaban J connectivity index is 1.44. The Morgan fingerprint density at radius 2 is 1.81 bits per heavy atom. The first kappa shape index (κ1) is 19.5. The van der Waals surface area contributed by atoms with E-state index in [1.807, 2.05) is 6.07 Å². The lowest BCUT2D eigenvalue weighted by Gasteiger charge is -2.34. The van der Waals surface area contributed by atoms with E-state index < -0.39 is 0 Å². The highest BCUT2D eigenvalue weighted by molar-refractivity contribution is 6.30. The lowest BCUT2D eigenvalue weighted by molar-refractivity contribution is -0.135. The number of ether oxygens (including phenoxy) is 2. The number of benzene rings is 2. The second kappa shape index (κ2) is 9.06. The molecule has 2 aromatic carbocycles. The van der Waals surface area contributed by atoms with Gasteiger partial charge in [-0.25, -0.2) is 4.39 Å². The van der Waals surface area contributed by atoms with Crippen molar-refractivity contribution >= 4 is 17.5 Å². The number of halogens is 2. The minimum absolute atomic E-state index is 0.00528. The van der Waals surface area contributed by atoms with E-state index in [4.69, 9.17) is 21.1 Å². The summed E-state index contributed by atoms with van der Waals surface area (Å²) in [4.78, 5) is 16.3. The lowest BCUT2D eigenvalue weighted by Crippen LogP contribution is -2.49. The SMILES string of the molecule is COc1ccc(CN2CCN(C(=O)COc3ccc(Cl)cc3)CC2)cc1F. The second-order valence-corrected chi connectivity index (χ2v) is 6.80. The molecule has 0 aromatic heterocycles. The Hall–Kier alpha value is -2.31. The molecule has 1 fully saturated rings. The van der Waals surface area contributed by atoms with E-state index in [1.165, 1.54) is 13.2 Å². The molecule has 7 heteroatoms. The number of piperazine rings is 1. The molecule has 0 unspecified atom stereocenters. The summed E-state index contributed by atoms with van der Waals surface area (Å²) < 4.78 is 24.3. The van der Waals surface area contributed by atoms with Gasteiger partial charge in [0, 0.05) is 37.7 Å². The number of hydrogen-bond donors (Lipinski definition) is 0. The zero-order valence-electron chi connectivity index (χ0n) is 15.2. The average molecular weight is 393 g/mol. The molecule has 27 heavy (non-hydrogen) atoms. The Morgan fingerprint density at radius 1 is 1.11 bits per heavy atom. The first-order valence-corrected chi connectivity index (χ1v) is 9.14. The maximum Gasteiger partial charge on any atom is 0.260 e. The molecule has 0 radical (unpaired) electrons. The maximum atomic E-state index is 13.8. The van der Waals surface area contributed by atoms with Gasteiger partial charge in [0.25, 0.3) is 5.91 Å². The van der Waals surface area contributed by atoms with Crippen LogP contribution >= 0.6 is 11.6 Å². The van der Waals surface area contributed by atoms with Crippen molar-refractivity contribution < 1.29 is 18.7 Å². The molecular weight excluding hydrogens is 371 g/mol. The summed E-state index contributed by atoms with van der Waals surface area (Å²) >= 11 is 5.83. The summed E-state index contributed by atoms with van der Waals surface area (Å²) in [7, 11) is 1.45. The van der Waals surface area contributed by atoms with Crippen molar-refractivity contribution in [3.63, 3.8) is 0 Å². The average Bonchev–Trinajstić information content (AvgIpc) is 2.68. The fourth-order valence-corrected chi connectivity index (χ4v) is 3.11. The molecule has 0 aliphatic carbocycles. The Labute approximate surface area is 163 Å². The Morgan fingerprint density at radius 3 is 2.44 bits per heavy atom. The monoisotopic (exact) mass is 392 g/mol. The van der Waals surface area contributed by atoms with E-state index >= 15 is 0 Å². The van der Waals surface area contributed by atoms with E-state index in [-0.39, 0.29) is 24.1 Å². The predicted molar refractivity (Wildman–Crippen MR) is 102 cm³/mol. The summed E-state index contributed by atoms with van der Waals surface area (Å²) in [5.74, 6) is 0.464. The van der Waals surface area contributed by atoms with Gasteiger partial charge in [-0.2, -0.15) is 0 Å². The molecule has 3 rings (SSSR count). The number of carbonyl (C=O) groups is 1. The van der Waals surface area contributed by atoms with Gasteiger partial charge >= 0.3 is 0 Å². The standard InChI is InChI=1S/C20H22ClFN2O3/c1-26-19-7-2-15(12-18(19)22)13-23-8-10-24(11-9-23)20(25)14-27-17-5-3-16(21)4-6-17/h2-7,12H,8-11,13-14H2,1H3. The van der Waals surface area contributed by atoms with E-state index in [0.717, 1.165) is 18.7 Å². The minimum atomic E-state index is -0.358. The quantitative estimate of drug-likeness (QED) is 0.757. The van der Waals surface area contributed by atoms with Gasteiger partial charge in [0.05, 0.1) is 7.11 Å². The topological polar surface area (TPSA) is 42.0 Å². The Bertz CT molecular complexity index is 777. The molecule has 1 heterocycles. The highest BCUT2D eigenvalue weighted by atomic mass is 35.5. The summed E-state index contributed by atoms with van der Waals surface area (Å²) in [5, 5.41) is 0.626. The lowest BCUT2D eigenvalue weighted by atomic mass is 10.2. The van der Waals surface area contributed by atoms with Crippen molar-refractivity contribution in [2.75, 3.05) is 39.9 Å². The molecule has 0 atom stereocenters. The maximum absolute atomic E-state index is 13.8. The van der Waals surface area contributed by atoms with Crippen LogP contribution in [0.3, 0.4) is 0 Å². The third kappa shape index (κ3) is 5.34. The van der Waals surface area contributed by atoms with Crippen molar-refractivity contribution in [2.24, 2.45) is 0 Å². The number of methoxy groups -OCH3 is 1. The summed E-state index contributed by atoms with van der Waals surface area (Å²) in [6, 6.07) is 11.9. The molecule has 0 bridgehead atoms. The summed E-state index contributed by atoms with van der Waals surface area (Å²) in [6.45, 7) is 3.37. The van der Waals surface area contributed by atoms with Gasteiger partial charge in [-0.05, 0) is 42.0 Å². The van der Waals surface area contributed by atoms with Crippen LogP contribution in [0.5, 0.6) is 11.5 Å². The fraction of sp³-hybridized carbons (Fsp3) is 0.350. The van der Waals surface area contributed by atoms with Crippen LogP contribution in [0, 0.1) is 5.82 Å². The molecule has 5 nitrogen and oxygen atoms in total. The second-order valence-electron chi connectivity index (χ2n) is 6.37. The van der Waals surface area contributed by atoms with E-state index in [1.54, 1.807) is 35.2 Å². The van der Waals surface area contributed by atoms with Gasteiger partial charge < -0.3 is 14.4 Å². The molecule has 1 saturated heterocycles. The van der Waals surface area contributed by atoms with Crippen LogP contribution in [0.1, 0.15) is 5.56 Å². The highest BCUT2D eigenvalue weighted by Crippen LogP contribution is 2.19. The number of rotatable bonds is 6. The molecule has 0 spiro atoms. The largest absolute Gasteiger partial charge is 0.494 e. The van der Waals surface area contributed by atoms with E-state index in [9.17, 15) is 9.18 Å². The molecule has 144 valence electrons. The molecule has 0 saturated carbocycles. The van der Waals surface area contributed by atoms with Crippen LogP contribution < -0.4 is 9.47 Å². The first-order chi connectivity index (χ1) is 13.0. The summed E-state index contributed by atoms with van der Waals surface area (Å²) in [5.41, 5.74) is 0.888. The smallest absolute Gasteiger partial charge is 0.260 e. The van der Waals surface area contributed by atoms with Gasteiger partial charge in [-0.15, -0.1) is 0 Å². The van der Waals surface area contributed by atoms with Crippen LogP contribution in [0.15, 0.2) is 42.5 Å². The molecule has 1 aliphatic rings. The van der Waals surface area contributed by atoms with Crippen molar-refractivity contribution in [1.29, 1.82) is 0 Å². The van der Waals surface area contributed by atoms with Crippen LogP contribution in [-0.2, 0) is 11.3 Å². The molecular formula is C20H22ClFN2O3. The number of carbonyl (C=O) groups excluding carboxylic acids is 1. The molecule has 1 amide bonds. The van der Waals surface area contributed by atoms with Gasteiger partial charge in [-0.3, -0.25) is 9.69 Å². The van der Waals surface area contributed by atoms with E-state index in [0.29, 0.717) is 30.4 Å². The van der Waals surface area contributed by atoms with Crippen molar-refractivity contribution in [3.8, 4) is 11.5 Å². The number of hydrogen-bond acceptors (Lipinski definition) is 4. The molecule has 2 aromatic rings. The van der Waals surface area contributed by atoms with Gasteiger partial charge in [0.2, 0.25) is 0 Å². The third-order valence-electron chi connectivity index (χ3n) is 4.52.